The van der Waals surface area contributed by atoms with E-state index in [9.17, 15) is 9.90 Å². The van der Waals surface area contributed by atoms with Gasteiger partial charge in [0.15, 0.2) is 6.61 Å². The molecule has 0 bridgehead atoms. The van der Waals surface area contributed by atoms with Gasteiger partial charge in [-0.25, -0.2) is 0 Å². The van der Waals surface area contributed by atoms with Crippen LogP contribution in [0.4, 0.5) is 0 Å². The molecule has 2 aromatic rings. The van der Waals surface area contributed by atoms with E-state index in [1.54, 1.807) is 12.1 Å². The van der Waals surface area contributed by atoms with Crippen molar-refractivity contribution in [2.45, 2.75) is 31.8 Å². The van der Waals surface area contributed by atoms with E-state index in [-0.39, 0.29) is 19.1 Å². The number of nitrogens with one attached hydrogen (secondary N) is 1. The Morgan fingerprint density at radius 1 is 1.17 bits per heavy atom. The fourth-order valence-corrected chi connectivity index (χ4v) is 3.27. The smallest absolute Gasteiger partial charge is 0.257 e. The maximum atomic E-state index is 12.1. The number of fused-ring (bicyclic) bond motifs is 1. The summed E-state index contributed by atoms with van der Waals surface area (Å²) in [7, 11) is 0. The lowest BCUT2D eigenvalue weighted by Crippen LogP contribution is -2.33. The van der Waals surface area contributed by atoms with Crippen molar-refractivity contribution in [1.82, 2.24) is 5.32 Å². The van der Waals surface area contributed by atoms with Crippen LogP contribution in [0.25, 0.3) is 0 Å². The number of rotatable bonds is 6. The van der Waals surface area contributed by atoms with Gasteiger partial charge in [0.2, 0.25) is 0 Å². The Morgan fingerprint density at radius 2 is 1.96 bits per heavy atom. The topological polar surface area (TPSA) is 58.6 Å². The van der Waals surface area contributed by atoms with Crippen molar-refractivity contribution >= 4 is 5.91 Å². The summed E-state index contributed by atoms with van der Waals surface area (Å²) in [5.74, 6) is 0.799. The first kappa shape index (κ1) is 16.5. The molecule has 0 heterocycles. The van der Waals surface area contributed by atoms with E-state index in [1.807, 2.05) is 12.1 Å². The number of hydrogen-bond acceptors (Lipinski definition) is 3. The zero-order chi connectivity index (χ0) is 16.8. The zero-order valence-corrected chi connectivity index (χ0v) is 13.7. The summed E-state index contributed by atoms with van der Waals surface area (Å²) in [5.41, 5.74) is 3.44. The van der Waals surface area contributed by atoms with E-state index in [1.165, 1.54) is 11.1 Å². The number of para-hydroxylation sites is 1. The first-order valence-electron chi connectivity index (χ1n) is 8.44. The van der Waals surface area contributed by atoms with Crippen molar-refractivity contribution in [3.05, 3.63) is 65.2 Å². The lowest BCUT2D eigenvalue weighted by molar-refractivity contribution is -0.123. The number of aryl methyl sites for hydroxylation is 1. The summed E-state index contributed by atoms with van der Waals surface area (Å²) in [5, 5.41) is 12.2. The number of ether oxygens (including phenoxy) is 1. The lowest BCUT2D eigenvalue weighted by Gasteiger charge is -2.25. The molecule has 126 valence electrons. The molecule has 4 nitrogen and oxygen atoms in total. The second-order valence-electron chi connectivity index (χ2n) is 6.15. The Hall–Kier alpha value is -2.33. The quantitative estimate of drug-likeness (QED) is 0.858. The molecule has 0 saturated heterocycles. The van der Waals surface area contributed by atoms with E-state index >= 15 is 0 Å². The second kappa shape index (κ2) is 7.97. The molecule has 1 aliphatic carbocycles. The van der Waals surface area contributed by atoms with Crippen molar-refractivity contribution in [2.75, 3.05) is 13.2 Å². The Morgan fingerprint density at radius 3 is 2.83 bits per heavy atom. The molecule has 2 aromatic carbocycles. The van der Waals surface area contributed by atoms with Gasteiger partial charge in [-0.2, -0.15) is 0 Å². The van der Waals surface area contributed by atoms with E-state index in [4.69, 9.17) is 4.74 Å². The van der Waals surface area contributed by atoms with Crippen LogP contribution >= 0.6 is 0 Å². The van der Waals surface area contributed by atoms with Crippen molar-refractivity contribution in [3.8, 4) is 5.75 Å². The third-order valence-corrected chi connectivity index (χ3v) is 4.54. The number of hydrogen-bond donors (Lipinski definition) is 2. The molecule has 0 radical (unpaired) electrons. The molecule has 1 aliphatic rings. The van der Waals surface area contributed by atoms with Crippen LogP contribution in [0.15, 0.2) is 48.5 Å². The molecule has 0 saturated carbocycles. The molecule has 0 spiro atoms. The second-order valence-corrected chi connectivity index (χ2v) is 6.15. The molecule has 3 rings (SSSR count). The summed E-state index contributed by atoms with van der Waals surface area (Å²) >= 11 is 0. The molecular weight excluding hydrogens is 302 g/mol. The van der Waals surface area contributed by atoms with Crippen LogP contribution in [-0.2, 0) is 17.8 Å². The van der Waals surface area contributed by atoms with E-state index in [2.05, 4.69) is 29.6 Å². The van der Waals surface area contributed by atoms with Gasteiger partial charge in [-0.3, -0.25) is 4.79 Å². The van der Waals surface area contributed by atoms with Gasteiger partial charge in [-0.15, -0.1) is 0 Å². The van der Waals surface area contributed by atoms with Crippen molar-refractivity contribution < 1.29 is 14.6 Å². The van der Waals surface area contributed by atoms with E-state index < -0.39 is 0 Å². The molecule has 1 amide bonds. The molecule has 24 heavy (non-hydrogen) atoms. The fraction of sp³-hybridized carbons (Fsp3) is 0.350. The third kappa shape index (κ3) is 3.95. The first-order chi connectivity index (χ1) is 11.8. The summed E-state index contributed by atoms with van der Waals surface area (Å²) in [4.78, 5) is 12.1. The molecule has 1 atom stereocenters. The van der Waals surface area contributed by atoms with Gasteiger partial charge in [0.1, 0.15) is 5.75 Å². The summed E-state index contributed by atoms with van der Waals surface area (Å²) < 4.78 is 5.53. The van der Waals surface area contributed by atoms with Crippen LogP contribution in [0.5, 0.6) is 5.75 Å². The minimum Gasteiger partial charge on any atom is -0.483 e. The molecule has 0 aliphatic heterocycles. The molecular formula is C20H23NO3. The van der Waals surface area contributed by atoms with Gasteiger partial charge >= 0.3 is 0 Å². The van der Waals surface area contributed by atoms with Crippen LogP contribution in [0.2, 0.25) is 0 Å². The average molecular weight is 325 g/mol. The SMILES string of the molecule is O=C(COc1ccccc1CO)NCC1CCCc2ccccc21. The highest BCUT2D eigenvalue weighted by atomic mass is 16.5. The van der Waals surface area contributed by atoms with Crippen molar-refractivity contribution in [2.24, 2.45) is 0 Å². The maximum absolute atomic E-state index is 12.1. The minimum atomic E-state index is -0.134. The van der Waals surface area contributed by atoms with Crippen LogP contribution in [0.1, 0.15) is 35.4 Å². The number of aliphatic hydroxyl groups is 1. The molecule has 0 fully saturated rings. The third-order valence-electron chi connectivity index (χ3n) is 4.54. The predicted octanol–water partition coefficient (Wildman–Crippen LogP) is 2.79. The number of aliphatic hydroxyl groups excluding tert-OH is 1. The van der Waals surface area contributed by atoms with Crippen molar-refractivity contribution in [3.63, 3.8) is 0 Å². The first-order valence-corrected chi connectivity index (χ1v) is 8.44. The van der Waals surface area contributed by atoms with Gasteiger partial charge < -0.3 is 15.2 Å². The standard InChI is InChI=1S/C20H23NO3/c22-13-17-7-2-4-11-19(17)24-14-20(23)21-12-16-9-5-8-15-6-1-3-10-18(15)16/h1-4,6-7,10-11,16,22H,5,8-9,12-14H2,(H,21,23). The van der Waals surface area contributed by atoms with Crippen LogP contribution < -0.4 is 10.1 Å². The molecule has 0 aromatic heterocycles. The van der Waals surface area contributed by atoms with Crippen LogP contribution in [0.3, 0.4) is 0 Å². The summed E-state index contributed by atoms with van der Waals surface area (Å²) in [6.07, 6.45) is 3.39. The van der Waals surface area contributed by atoms with Crippen LogP contribution in [-0.4, -0.2) is 24.2 Å². The van der Waals surface area contributed by atoms with Gasteiger partial charge in [-0.1, -0.05) is 42.5 Å². The van der Waals surface area contributed by atoms with E-state index in [0.717, 1.165) is 19.3 Å². The number of carbonyl (C=O) groups is 1. The van der Waals surface area contributed by atoms with Gasteiger partial charge in [0, 0.05) is 18.0 Å². The fourth-order valence-electron chi connectivity index (χ4n) is 3.27. The Kier molecular flexibility index (Phi) is 5.49. The molecule has 1 unspecified atom stereocenters. The predicted molar refractivity (Wildman–Crippen MR) is 93.0 cm³/mol. The molecule has 4 heteroatoms. The van der Waals surface area contributed by atoms with Crippen LogP contribution in [0, 0.1) is 0 Å². The number of amides is 1. The highest BCUT2D eigenvalue weighted by Gasteiger charge is 2.20. The largest absolute Gasteiger partial charge is 0.483 e. The van der Waals surface area contributed by atoms with Crippen molar-refractivity contribution in [1.29, 1.82) is 0 Å². The van der Waals surface area contributed by atoms with E-state index in [0.29, 0.717) is 23.8 Å². The number of benzene rings is 2. The summed E-state index contributed by atoms with van der Waals surface area (Å²) in [6.45, 7) is 0.503. The lowest BCUT2D eigenvalue weighted by atomic mass is 9.83. The summed E-state index contributed by atoms with van der Waals surface area (Å²) in [6, 6.07) is 15.7. The Bertz CT molecular complexity index is 699. The highest BCUT2D eigenvalue weighted by Crippen LogP contribution is 2.30. The molecule has 2 N–H and O–H groups in total. The Balaban J connectivity index is 1.52. The normalized spacial score (nSPS) is 16.3. The maximum Gasteiger partial charge on any atom is 0.257 e. The minimum absolute atomic E-state index is 0.0363. The number of carbonyl (C=O) groups excluding carboxylic acids is 1. The van der Waals surface area contributed by atoms with Gasteiger partial charge in [0.25, 0.3) is 5.91 Å². The highest BCUT2D eigenvalue weighted by molar-refractivity contribution is 5.77. The monoisotopic (exact) mass is 325 g/mol. The van der Waals surface area contributed by atoms with Gasteiger partial charge in [-0.05, 0) is 36.5 Å². The van der Waals surface area contributed by atoms with Gasteiger partial charge in [0.05, 0.1) is 6.61 Å². The Labute approximate surface area is 142 Å². The zero-order valence-electron chi connectivity index (χ0n) is 13.7. The average Bonchev–Trinajstić information content (AvgIpc) is 2.64.